The third-order valence-corrected chi connectivity index (χ3v) is 3.10. The zero-order valence-electron chi connectivity index (χ0n) is 9.10. The zero-order valence-corrected chi connectivity index (χ0v) is 9.91. The lowest BCUT2D eigenvalue weighted by Gasteiger charge is -1.97. The van der Waals surface area contributed by atoms with Gasteiger partial charge in [-0.15, -0.1) is 11.8 Å². The number of carbonyl (C=O) groups excluding carboxylic acids is 1. The van der Waals surface area contributed by atoms with E-state index in [2.05, 4.69) is 5.32 Å². The number of hydrogen-bond acceptors (Lipinski definition) is 4. The lowest BCUT2D eigenvalue weighted by Crippen LogP contribution is -2.03. The molecule has 88 valence electrons. The molecule has 0 unspecified atom stereocenters. The predicted molar refractivity (Wildman–Crippen MR) is 67.8 cm³/mol. The average molecular weight is 250 g/mol. The number of fused-ring (bicyclic) bond motifs is 1. The van der Waals surface area contributed by atoms with Gasteiger partial charge in [-0.05, 0) is 17.2 Å². The first kappa shape index (κ1) is 11.7. The maximum atomic E-state index is 11.7. The van der Waals surface area contributed by atoms with Crippen molar-refractivity contribution in [3.05, 3.63) is 39.3 Å². The lowest BCUT2D eigenvalue weighted by atomic mass is 10.1. The van der Waals surface area contributed by atoms with E-state index in [1.165, 1.54) is 23.9 Å². The summed E-state index contributed by atoms with van der Waals surface area (Å²) in [6, 6.07) is 4.39. The van der Waals surface area contributed by atoms with Gasteiger partial charge in [-0.2, -0.15) is 0 Å². The summed E-state index contributed by atoms with van der Waals surface area (Å²) in [5, 5.41) is 15.0. The van der Waals surface area contributed by atoms with E-state index in [0.29, 0.717) is 11.3 Å². The largest absolute Gasteiger partial charge is 0.321 e. The van der Waals surface area contributed by atoms with E-state index in [1.54, 1.807) is 11.5 Å². The third kappa shape index (κ3) is 2.16. The monoisotopic (exact) mass is 250 g/mol. The van der Waals surface area contributed by atoms with Crippen molar-refractivity contribution < 1.29 is 9.72 Å². The topological polar surface area (TPSA) is 72.2 Å². The predicted octanol–water partition coefficient (Wildman–Crippen LogP) is 2.64. The van der Waals surface area contributed by atoms with Crippen LogP contribution in [-0.2, 0) is 4.79 Å². The average Bonchev–Trinajstić information content (AvgIpc) is 2.61. The molecule has 17 heavy (non-hydrogen) atoms. The summed E-state index contributed by atoms with van der Waals surface area (Å²) in [5.74, 6) is 0.667. The molecule has 5 nitrogen and oxygen atoms in total. The van der Waals surface area contributed by atoms with Gasteiger partial charge in [-0.3, -0.25) is 14.9 Å². The van der Waals surface area contributed by atoms with Crippen molar-refractivity contribution in [3.63, 3.8) is 0 Å². The fourth-order valence-corrected chi connectivity index (χ4v) is 2.15. The second-order valence-corrected chi connectivity index (χ2v) is 4.57. The standard InChI is InChI=1S/C11H10N2O3S/c1-2-17-6-9-8-4-3-7(13(15)16)5-10(8)12-11(9)14/h3-6H,2H2,1H3,(H,12,14)/b9-6+. The number of nitro groups is 1. The van der Waals surface area contributed by atoms with Crippen molar-refractivity contribution in [1.82, 2.24) is 0 Å². The highest BCUT2D eigenvalue weighted by Gasteiger charge is 2.25. The Morgan fingerprint density at radius 2 is 2.29 bits per heavy atom. The van der Waals surface area contributed by atoms with E-state index >= 15 is 0 Å². The maximum absolute atomic E-state index is 11.7. The Morgan fingerprint density at radius 1 is 1.53 bits per heavy atom. The smallest absolute Gasteiger partial charge is 0.271 e. The van der Waals surface area contributed by atoms with E-state index in [0.717, 1.165) is 11.3 Å². The summed E-state index contributed by atoms with van der Waals surface area (Å²) in [7, 11) is 0. The molecule has 1 N–H and O–H groups in total. The number of nitrogens with one attached hydrogen (secondary N) is 1. The van der Waals surface area contributed by atoms with E-state index in [-0.39, 0.29) is 11.6 Å². The van der Waals surface area contributed by atoms with Gasteiger partial charge < -0.3 is 5.32 Å². The first-order valence-corrected chi connectivity index (χ1v) is 6.10. The third-order valence-electron chi connectivity index (χ3n) is 2.36. The number of nitrogens with zero attached hydrogens (tertiary/aromatic N) is 1. The summed E-state index contributed by atoms with van der Waals surface area (Å²) < 4.78 is 0. The first-order valence-electron chi connectivity index (χ1n) is 5.05. The van der Waals surface area contributed by atoms with Crippen molar-refractivity contribution in [2.75, 3.05) is 11.1 Å². The number of non-ortho nitro benzene ring substituents is 1. The van der Waals surface area contributed by atoms with Gasteiger partial charge in [-0.25, -0.2) is 0 Å². The zero-order chi connectivity index (χ0) is 12.4. The minimum Gasteiger partial charge on any atom is -0.321 e. The molecule has 0 fully saturated rings. The second-order valence-electron chi connectivity index (χ2n) is 3.43. The van der Waals surface area contributed by atoms with Gasteiger partial charge in [0.2, 0.25) is 0 Å². The molecular weight excluding hydrogens is 240 g/mol. The van der Waals surface area contributed by atoms with E-state index < -0.39 is 4.92 Å². The first-order chi connectivity index (χ1) is 8.13. The molecule has 0 saturated heterocycles. The second kappa shape index (κ2) is 4.58. The van der Waals surface area contributed by atoms with E-state index in [1.807, 2.05) is 6.92 Å². The van der Waals surface area contributed by atoms with Gasteiger partial charge in [-0.1, -0.05) is 6.92 Å². The van der Waals surface area contributed by atoms with Crippen molar-refractivity contribution in [1.29, 1.82) is 0 Å². The molecule has 0 aromatic heterocycles. The van der Waals surface area contributed by atoms with Gasteiger partial charge in [0.05, 0.1) is 16.2 Å². The van der Waals surface area contributed by atoms with Crippen LogP contribution in [0.25, 0.3) is 5.57 Å². The van der Waals surface area contributed by atoms with Crippen LogP contribution in [0.3, 0.4) is 0 Å². The highest BCUT2D eigenvalue weighted by atomic mass is 32.2. The number of rotatable bonds is 3. The number of carbonyl (C=O) groups is 1. The Kier molecular flexibility index (Phi) is 3.14. The van der Waals surface area contributed by atoms with E-state index in [9.17, 15) is 14.9 Å². The SMILES string of the molecule is CCS/C=C1/C(=O)Nc2cc([N+](=O)[O-])ccc21. The highest BCUT2D eigenvalue weighted by molar-refractivity contribution is 8.02. The summed E-state index contributed by atoms with van der Waals surface area (Å²) in [6.07, 6.45) is 0. The summed E-state index contributed by atoms with van der Waals surface area (Å²) in [4.78, 5) is 21.8. The Labute approximate surface area is 102 Å². The van der Waals surface area contributed by atoms with Crippen LogP contribution in [0.5, 0.6) is 0 Å². The molecule has 0 aliphatic carbocycles. The summed E-state index contributed by atoms with van der Waals surface area (Å²) in [6.45, 7) is 1.99. The van der Waals surface area contributed by atoms with Crippen LogP contribution in [0.15, 0.2) is 23.6 Å². The number of thioether (sulfide) groups is 1. The van der Waals surface area contributed by atoms with Crippen LogP contribution >= 0.6 is 11.8 Å². The van der Waals surface area contributed by atoms with Gasteiger partial charge in [0.15, 0.2) is 0 Å². The Morgan fingerprint density at radius 3 is 2.94 bits per heavy atom. The maximum Gasteiger partial charge on any atom is 0.271 e. The molecule has 0 saturated carbocycles. The number of nitro benzene ring substituents is 1. The molecule has 1 aromatic rings. The Hall–Kier alpha value is -1.82. The summed E-state index contributed by atoms with van der Waals surface area (Å²) in [5.41, 5.74) is 1.78. The van der Waals surface area contributed by atoms with Crippen LogP contribution in [0, 0.1) is 10.1 Å². The molecule has 1 aliphatic heterocycles. The highest BCUT2D eigenvalue weighted by Crippen LogP contribution is 2.35. The molecule has 0 spiro atoms. The molecule has 1 aliphatic rings. The number of benzene rings is 1. The number of amides is 1. The summed E-state index contributed by atoms with van der Waals surface area (Å²) >= 11 is 1.53. The lowest BCUT2D eigenvalue weighted by molar-refractivity contribution is -0.384. The molecule has 2 rings (SSSR count). The number of hydrogen-bond donors (Lipinski definition) is 1. The van der Waals surface area contributed by atoms with Crippen LogP contribution in [0.4, 0.5) is 11.4 Å². The van der Waals surface area contributed by atoms with Crippen LogP contribution in [0.1, 0.15) is 12.5 Å². The molecule has 1 heterocycles. The van der Waals surface area contributed by atoms with Crippen molar-refractivity contribution >= 4 is 34.6 Å². The Bertz CT molecular complexity index is 525. The van der Waals surface area contributed by atoms with Crippen LogP contribution < -0.4 is 5.32 Å². The van der Waals surface area contributed by atoms with Gasteiger partial charge in [0, 0.05) is 17.7 Å². The van der Waals surface area contributed by atoms with Crippen molar-refractivity contribution in [2.45, 2.75) is 6.92 Å². The fourth-order valence-electron chi connectivity index (χ4n) is 1.58. The molecule has 0 bridgehead atoms. The number of anilines is 1. The van der Waals surface area contributed by atoms with Gasteiger partial charge >= 0.3 is 0 Å². The molecule has 0 radical (unpaired) electrons. The molecule has 0 atom stereocenters. The van der Waals surface area contributed by atoms with Gasteiger partial charge in [0.25, 0.3) is 11.6 Å². The van der Waals surface area contributed by atoms with Crippen LogP contribution in [0.2, 0.25) is 0 Å². The van der Waals surface area contributed by atoms with Crippen LogP contribution in [-0.4, -0.2) is 16.6 Å². The Balaban J connectivity index is 2.42. The van der Waals surface area contributed by atoms with Crippen molar-refractivity contribution in [2.24, 2.45) is 0 Å². The quantitative estimate of drug-likeness (QED) is 0.508. The molecular formula is C11H10N2O3S. The molecule has 1 aromatic carbocycles. The molecule has 6 heteroatoms. The van der Waals surface area contributed by atoms with Crippen molar-refractivity contribution in [3.8, 4) is 0 Å². The fraction of sp³-hybridized carbons (Fsp3) is 0.182. The van der Waals surface area contributed by atoms with Gasteiger partial charge in [0.1, 0.15) is 0 Å². The van der Waals surface area contributed by atoms with E-state index in [4.69, 9.17) is 0 Å². The minimum atomic E-state index is -0.477. The minimum absolute atomic E-state index is 0.0200. The molecule has 1 amide bonds. The normalized spacial score (nSPS) is 15.8.